The highest BCUT2D eigenvalue weighted by molar-refractivity contribution is 9.11. The fourth-order valence-corrected chi connectivity index (χ4v) is 3.27. The number of carbonyl (C=O) groups excluding carboxylic acids is 1. The minimum atomic E-state index is 0. The molecule has 1 atom stereocenters. The van der Waals surface area contributed by atoms with Gasteiger partial charge >= 0.3 is 0 Å². The van der Waals surface area contributed by atoms with Crippen molar-refractivity contribution in [3.8, 4) is 0 Å². The Kier molecular flexibility index (Phi) is 6.11. The Balaban J connectivity index is 0.00000162. The summed E-state index contributed by atoms with van der Waals surface area (Å²) in [6.45, 7) is 4.49. The van der Waals surface area contributed by atoms with E-state index in [4.69, 9.17) is 0 Å². The van der Waals surface area contributed by atoms with Crippen LogP contribution >= 0.6 is 44.3 Å². The average molecular weight is 399 g/mol. The van der Waals surface area contributed by atoms with Gasteiger partial charge in [0.1, 0.15) is 0 Å². The zero-order valence-electron chi connectivity index (χ0n) is 9.95. The van der Waals surface area contributed by atoms with Gasteiger partial charge in [-0.3, -0.25) is 4.79 Å². The van der Waals surface area contributed by atoms with Crippen molar-refractivity contribution in [1.82, 2.24) is 10.2 Å². The highest BCUT2D eigenvalue weighted by Gasteiger charge is 2.21. The zero-order chi connectivity index (χ0) is 12.4. The monoisotopic (exact) mass is 396 g/mol. The number of halogens is 3. The van der Waals surface area contributed by atoms with Gasteiger partial charge in [0.15, 0.2) is 0 Å². The molecule has 2 rings (SSSR count). The van der Waals surface area contributed by atoms with Crippen molar-refractivity contribution in [1.29, 1.82) is 0 Å². The minimum Gasteiger partial charge on any atom is -0.336 e. The summed E-state index contributed by atoms with van der Waals surface area (Å²) in [5.74, 6) is 0.0975. The molecule has 1 aliphatic rings. The Morgan fingerprint density at radius 1 is 1.33 bits per heavy atom. The largest absolute Gasteiger partial charge is 0.336 e. The Morgan fingerprint density at radius 3 is 2.50 bits per heavy atom. The van der Waals surface area contributed by atoms with E-state index < -0.39 is 0 Å². The lowest BCUT2D eigenvalue weighted by atomic mass is 10.1. The molecule has 0 unspecified atom stereocenters. The van der Waals surface area contributed by atoms with Crippen LogP contribution in [0.15, 0.2) is 27.1 Å². The lowest BCUT2D eigenvalue weighted by Crippen LogP contribution is -2.51. The van der Waals surface area contributed by atoms with Crippen LogP contribution in [0.4, 0.5) is 0 Å². The standard InChI is InChI=1S/C12H14Br2N2O.ClH/c1-8-7-16(3-2-15-8)12(17)9-4-10(13)6-11(14)5-9;/h4-6,8,15H,2-3,7H2,1H3;1H/t8-;/m1./s1. The van der Waals surface area contributed by atoms with Gasteiger partial charge in [0.25, 0.3) is 5.91 Å². The molecule has 3 nitrogen and oxygen atoms in total. The first-order valence-corrected chi connectivity index (χ1v) is 7.13. The van der Waals surface area contributed by atoms with E-state index in [-0.39, 0.29) is 18.3 Å². The van der Waals surface area contributed by atoms with Gasteiger partial charge in [-0.15, -0.1) is 12.4 Å². The summed E-state index contributed by atoms with van der Waals surface area (Å²) in [5, 5.41) is 3.33. The fourth-order valence-electron chi connectivity index (χ4n) is 1.98. The van der Waals surface area contributed by atoms with Crippen LogP contribution in [0.3, 0.4) is 0 Å². The summed E-state index contributed by atoms with van der Waals surface area (Å²) in [6.07, 6.45) is 0. The van der Waals surface area contributed by atoms with Crippen LogP contribution in [0.2, 0.25) is 0 Å². The predicted molar refractivity (Wildman–Crippen MR) is 82.5 cm³/mol. The first kappa shape index (κ1) is 16.0. The molecule has 1 aromatic carbocycles. The van der Waals surface area contributed by atoms with Gasteiger partial charge in [0.2, 0.25) is 0 Å². The van der Waals surface area contributed by atoms with E-state index in [1.165, 1.54) is 0 Å². The first-order valence-electron chi connectivity index (χ1n) is 5.55. The number of benzene rings is 1. The van der Waals surface area contributed by atoms with Crippen LogP contribution in [-0.2, 0) is 0 Å². The van der Waals surface area contributed by atoms with Crippen molar-refractivity contribution >= 4 is 50.2 Å². The molecular formula is C12H15Br2ClN2O. The number of hydrogen-bond donors (Lipinski definition) is 1. The van der Waals surface area contributed by atoms with E-state index in [1.54, 1.807) is 0 Å². The van der Waals surface area contributed by atoms with E-state index in [1.807, 2.05) is 23.1 Å². The summed E-state index contributed by atoms with van der Waals surface area (Å²) < 4.78 is 1.83. The molecule has 0 spiro atoms. The molecule has 1 amide bonds. The molecule has 0 aromatic heterocycles. The fraction of sp³-hybridized carbons (Fsp3) is 0.417. The van der Waals surface area contributed by atoms with E-state index >= 15 is 0 Å². The third kappa shape index (κ3) is 3.95. The van der Waals surface area contributed by atoms with Crippen molar-refractivity contribution < 1.29 is 4.79 Å². The summed E-state index contributed by atoms with van der Waals surface area (Å²) in [6, 6.07) is 6.01. The summed E-state index contributed by atoms with van der Waals surface area (Å²) >= 11 is 6.81. The van der Waals surface area contributed by atoms with Crippen molar-refractivity contribution in [3.63, 3.8) is 0 Å². The number of rotatable bonds is 1. The maximum Gasteiger partial charge on any atom is 0.254 e. The number of piperazine rings is 1. The Hall–Kier alpha value is -0.100. The maximum atomic E-state index is 12.3. The van der Waals surface area contributed by atoms with Gasteiger partial charge in [0, 0.05) is 40.2 Å². The molecule has 0 aliphatic carbocycles. The molecule has 1 aromatic rings. The van der Waals surface area contributed by atoms with Crippen molar-refractivity contribution in [2.24, 2.45) is 0 Å². The maximum absolute atomic E-state index is 12.3. The van der Waals surface area contributed by atoms with Gasteiger partial charge in [-0.2, -0.15) is 0 Å². The molecule has 0 saturated carbocycles. The van der Waals surface area contributed by atoms with Crippen LogP contribution in [0.25, 0.3) is 0 Å². The number of nitrogens with zero attached hydrogens (tertiary/aromatic N) is 1. The summed E-state index contributed by atoms with van der Waals surface area (Å²) in [4.78, 5) is 14.2. The highest BCUT2D eigenvalue weighted by atomic mass is 79.9. The van der Waals surface area contributed by atoms with Crippen molar-refractivity contribution in [2.75, 3.05) is 19.6 Å². The van der Waals surface area contributed by atoms with Crippen LogP contribution in [-0.4, -0.2) is 36.5 Å². The molecule has 0 radical (unpaired) electrons. The van der Waals surface area contributed by atoms with E-state index in [0.717, 1.165) is 34.1 Å². The van der Waals surface area contributed by atoms with Gasteiger partial charge in [-0.25, -0.2) is 0 Å². The molecule has 1 aliphatic heterocycles. The molecule has 1 saturated heterocycles. The topological polar surface area (TPSA) is 32.3 Å². The number of nitrogens with one attached hydrogen (secondary N) is 1. The Labute approximate surface area is 130 Å². The van der Waals surface area contributed by atoms with E-state index in [2.05, 4.69) is 44.1 Å². The predicted octanol–water partition coefficient (Wildman–Crippen LogP) is 3.07. The molecule has 18 heavy (non-hydrogen) atoms. The van der Waals surface area contributed by atoms with Crippen molar-refractivity contribution in [3.05, 3.63) is 32.7 Å². The quantitative estimate of drug-likeness (QED) is 0.789. The zero-order valence-corrected chi connectivity index (χ0v) is 13.9. The lowest BCUT2D eigenvalue weighted by Gasteiger charge is -2.32. The normalized spacial score (nSPS) is 19.3. The second-order valence-corrected chi connectivity index (χ2v) is 6.10. The Bertz CT molecular complexity index is 422. The number of carbonyl (C=O) groups is 1. The molecule has 1 heterocycles. The van der Waals surface area contributed by atoms with Gasteiger partial charge < -0.3 is 10.2 Å². The molecule has 0 bridgehead atoms. The second-order valence-electron chi connectivity index (χ2n) is 4.26. The van der Waals surface area contributed by atoms with Gasteiger partial charge in [-0.05, 0) is 25.1 Å². The van der Waals surface area contributed by atoms with E-state index in [0.29, 0.717) is 6.04 Å². The minimum absolute atomic E-state index is 0. The van der Waals surface area contributed by atoms with Crippen LogP contribution in [0.5, 0.6) is 0 Å². The molecule has 1 N–H and O–H groups in total. The van der Waals surface area contributed by atoms with Gasteiger partial charge in [0.05, 0.1) is 0 Å². The summed E-state index contributed by atoms with van der Waals surface area (Å²) in [7, 11) is 0. The Morgan fingerprint density at radius 2 is 1.94 bits per heavy atom. The van der Waals surface area contributed by atoms with Crippen molar-refractivity contribution in [2.45, 2.75) is 13.0 Å². The smallest absolute Gasteiger partial charge is 0.254 e. The van der Waals surface area contributed by atoms with Crippen LogP contribution in [0.1, 0.15) is 17.3 Å². The van der Waals surface area contributed by atoms with Crippen LogP contribution < -0.4 is 5.32 Å². The van der Waals surface area contributed by atoms with E-state index in [9.17, 15) is 4.79 Å². The molecule has 6 heteroatoms. The number of hydrogen-bond acceptors (Lipinski definition) is 2. The lowest BCUT2D eigenvalue weighted by molar-refractivity contribution is 0.0709. The highest BCUT2D eigenvalue weighted by Crippen LogP contribution is 2.21. The first-order chi connectivity index (χ1) is 8.06. The van der Waals surface area contributed by atoms with Gasteiger partial charge in [-0.1, -0.05) is 31.9 Å². The average Bonchev–Trinajstić information content (AvgIpc) is 2.26. The molecule has 100 valence electrons. The second kappa shape index (κ2) is 6.89. The molecule has 1 fully saturated rings. The van der Waals surface area contributed by atoms with Crippen LogP contribution in [0, 0.1) is 0 Å². The SMILES string of the molecule is C[C@@H]1CN(C(=O)c2cc(Br)cc(Br)c2)CCN1.Cl. The molecular weight excluding hydrogens is 383 g/mol. The summed E-state index contributed by atoms with van der Waals surface area (Å²) in [5.41, 5.74) is 0.723. The third-order valence-corrected chi connectivity index (χ3v) is 3.68. The third-order valence-electron chi connectivity index (χ3n) is 2.77. The number of amides is 1.